The Labute approximate surface area is 133 Å². The molecule has 20 heavy (non-hydrogen) atoms. The van der Waals surface area contributed by atoms with Gasteiger partial charge in [0.05, 0.1) is 0 Å². The van der Waals surface area contributed by atoms with Crippen LogP contribution < -0.4 is 5.32 Å². The molecule has 1 atom stereocenters. The molecule has 5 heteroatoms. The molecule has 0 unspecified atom stereocenters. The number of hydrogen-bond donors (Lipinski definition) is 1. The van der Waals surface area contributed by atoms with E-state index in [-0.39, 0.29) is 30.6 Å². The Morgan fingerprint density at radius 2 is 1.80 bits per heavy atom. The van der Waals surface area contributed by atoms with Crippen molar-refractivity contribution in [2.24, 2.45) is 0 Å². The Balaban J connectivity index is 0.00000180. The highest BCUT2D eigenvalue weighted by molar-refractivity contribution is 5.85. The summed E-state index contributed by atoms with van der Waals surface area (Å²) in [6, 6.07) is 7.30. The van der Waals surface area contributed by atoms with Gasteiger partial charge in [0, 0.05) is 32.2 Å². The largest absolute Gasteiger partial charge is 0.314 e. The van der Waals surface area contributed by atoms with Crippen LogP contribution in [-0.2, 0) is 0 Å². The van der Waals surface area contributed by atoms with Crippen molar-refractivity contribution in [1.29, 1.82) is 0 Å². The third-order valence-corrected chi connectivity index (χ3v) is 3.49. The summed E-state index contributed by atoms with van der Waals surface area (Å²) in [5.74, 6) is -0.165. The topological polar surface area (TPSA) is 15.3 Å². The second-order valence-electron chi connectivity index (χ2n) is 4.72. The van der Waals surface area contributed by atoms with Crippen LogP contribution in [0.3, 0.4) is 0 Å². The van der Waals surface area contributed by atoms with Crippen molar-refractivity contribution in [3.8, 4) is 0 Å². The second kappa shape index (κ2) is 10.2. The zero-order chi connectivity index (χ0) is 12.8. The number of hydrogen-bond acceptors (Lipinski definition) is 2. The molecule has 1 fully saturated rings. The molecule has 0 aliphatic carbocycles. The van der Waals surface area contributed by atoms with E-state index >= 15 is 0 Å². The summed E-state index contributed by atoms with van der Waals surface area (Å²) in [5.41, 5.74) is 1.21. The van der Waals surface area contributed by atoms with E-state index in [1.807, 2.05) is 18.2 Å². The molecule has 0 radical (unpaired) electrons. The van der Waals surface area contributed by atoms with E-state index < -0.39 is 0 Å². The monoisotopic (exact) mass is 320 g/mol. The molecule has 1 aromatic carbocycles. The third kappa shape index (κ3) is 5.41. The standard InChI is InChI=1S/C15H21FN2.2ClH/c1-2-3-4-15(18-11-9-17-10-12-18)13-5-7-14(16)8-6-13;;/h2,5-8,15,17H,1,3-4,9-12H2;2*1H/t15-;;/m1../s1. The van der Waals surface area contributed by atoms with Crippen LogP contribution in [0.15, 0.2) is 36.9 Å². The van der Waals surface area contributed by atoms with Crippen LogP contribution in [0.2, 0.25) is 0 Å². The molecule has 1 aliphatic rings. The van der Waals surface area contributed by atoms with Gasteiger partial charge in [-0.3, -0.25) is 4.90 Å². The summed E-state index contributed by atoms with van der Waals surface area (Å²) in [5, 5.41) is 3.36. The van der Waals surface area contributed by atoms with E-state index in [0.717, 1.165) is 39.0 Å². The van der Waals surface area contributed by atoms with Crippen LogP contribution in [-0.4, -0.2) is 31.1 Å². The molecule has 114 valence electrons. The molecule has 0 amide bonds. The van der Waals surface area contributed by atoms with Gasteiger partial charge in [-0.25, -0.2) is 4.39 Å². The molecule has 0 bridgehead atoms. The van der Waals surface area contributed by atoms with Crippen molar-refractivity contribution in [3.05, 3.63) is 48.3 Å². The van der Waals surface area contributed by atoms with Crippen molar-refractivity contribution in [3.63, 3.8) is 0 Å². The maximum atomic E-state index is 13.0. The van der Waals surface area contributed by atoms with E-state index in [2.05, 4.69) is 16.8 Å². The van der Waals surface area contributed by atoms with Crippen LogP contribution >= 0.6 is 24.8 Å². The smallest absolute Gasteiger partial charge is 0.123 e. The molecule has 1 N–H and O–H groups in total. The first kappa shape index (κ1) is 19.4. The lowest BCUT2D eigenvalue weighted by Gasteiger charge is -2.35. The fraction of sp³-hybridized carbons (Fsp3) is 0.467. The molecule has 0 saturated carbocycles. The minimum Gasteiger partial charge on any atom is -0.314 e. The fourth-order valence-corrected chi connectivity index (χ4v) is 2.51. The summed E-state index contributed by atoms with van der Waals surface area (Å²) in [6.45, 7) is 7.97. The third-order valence-electron chi connectivity index (χ3n) is 3.49. The van der Waals surface area contributed by atoms with Crippen molar-refractivity contribution in [2.75, 3.05) is 26.2 Å². The molecule has 1 aromatic rings. The Morgan fingerprint density at radius 3 is 2.35 bits per heavy atom. The summed E-state index contributed by atoms with van der Waals surface area (Å²) < 4.78 is 13.0. The van der Waals surface area contributed by atoms with Crippen molar-refractivity contribution >= 4 is 24.8 Å². The van der Waals surface area contributed by atoms with Gasteiger partial charge in [0.15, 0.2) is 0 Å². The Hall–Kier alpha value is -0.610. The first-order valence-corrected chi connectivity index (χ1v) is 6.62. The summed E-state index contributed by atoms with van der Waals surface area (Å²) >= 11 is 0. The number of nitrogens with one attached hydrogen (secondary N) is 1. The highest BCUT2D eigenvalue weighted by Crippen LogP contribution is 2.26. The average Bonchev–Trinajstić information content (AvgIpc) is 2.42. The molecular formula is C15H23Cl2FN2. The van der Waals surface area contributed by atoms with E-state index in [1.54, 1.807) is 12.1 Å². The average molecular weight is 321 g/mol. The van der Waals surface area contributed by atoms with Gasteiger partial charge in [0.1, 0.15) is 5.82 Å². The number of halogens is 3. The quantitative estimate of drug-likeness (QED) is 0.834. The van der Waals surface area contributed by atoms with Gasteiger partial charge >= 0.3 is 0 Å². The SMILES string of the molecule is C=CCC[C@H](c1ccc(F)cc1)N1CCNCC1.Cl.Cl. The summed E-state index contributed by atoms with van der Waals surface area (Å²) in [4.78, 5) is 2.48. The molecule has 1 heterocycles. The number of nitrogens with zero attached hydrogens (tertiary/aromatic N) is 1. The van der Waals surface area contributed by atoms with Gasteiger partial charge in [-0.15, -0.1) is 31.4 Å². The van der Waals surface area contributed by atoms with Gasteiger partial charge in [0.2, 0.25) is 0 Å². The molecule has 1 saturated heterocycles. The highest BCUT2D eigenvalue weighted by Gasteiger charge is 2.21. The minimum absolute atomic E-state index is 0. The zero-order valence-corrected chi connectivity index (χ0v) is 13.2. The normalized spacial score (nSPS) is 16.6. The number of piperazine rings is 1. The molecular weight excluding hydrogens is 298 g/mol. The highest BCUT2D eigenvalue weighted by atomic mass is 35.5. The van der Waals surface area contributed by atoms with Crippen LogP contribution in [0.25, 0.3) is 0 Å². The number of rotatable bonds is 5. The first-order chi connectivity index (χ1) is 8.81. The van der Waals surface area contributed by atoms with Crippen LogP contribution in [0.5, 0.6) is 0 Å². The van der Waals surface area contributed by atoms with Crippen LogP contribution in [0.4, 0.5) is 4.39 Å². The van der Waals surface area contributed by atoms with E-state index in [9.17, 15) is 4.39 Å². The summed E-state index contributed by atoms with van der Waals surface area (Å²) in [7, 11) is 0. The fourth-order valence-electron chi connectivity index (χ4n) is 2.51. The Morgan fingerprint density at radius 1 is 1.20 bits per heavy atom. The second-order valence-corrected chi connectivity index (χ2v) is 4.72. The Bertz CT molecular complexity index is 378. The van der Waals surface area contributed by atoms with Gasteiger partial charge in [-0.1, -0.05) is 18.2 Å². The lowest BCUT2D eigenvalue weighted by atomic mass is 9.99. The lowest BCUT2D eigenvalue weighted by molar-refractivity contribution is 0.166. The van der Waals surface area contributed by atoms with Gasteiger partial charge in [0.25, 0.3) is 0 Å². The van der Waals surface area contributed by atoms with Gasteiger partial charge in [-0.2, -0.15) is 0 Å². The van der Waals surface area contributed by atoms with E-state index in [4.69, 9.17) is 0 Å². The van der Waals surface area contributed by atoms with Crippen molar-refractivity contribution < 1.29 is 4.39 Å². The van der Waals surface area contributed by atoms with E-state index in [0.29, 0.717) is 6.04 Å². The molecule has 0 spiro atoms. The molecule has 2 rings (SSSR count). The van der Waals surface area contributed by atoms with E-state index in [1.165, 1.54) is 5.56 Å². The maximum absolute atomic E-state index is 13.0. The molecule has 2 nitrogen and oxygen atoms in total. The van der Waals surface area contributed by atoms with Gasteiger partial charge < -0.3 is 5.32 Å². The van der Waals surface area contributed by atoms with Crippen LogP contribution in [0.1, 0.15) is 24.4 Å². The maximum Gasteiger partial charge on any atom is 0.123 e. The number of allylic oxidation sites excluding steroid dienone is 1. The Kier molecular flexibility index (Phi) is 9.86. The molecule has 0 aromatic heterocycles. The number of benzene rings is 1. The molecule has 1 aliphatic heterocycles. The van der Waals surface area contributed by atoms with Crippen molar-refractivity contribution in [2.45, 2.75) is 18.9 Å². The summed E-state index contributed by atoms with van der Waals surface area (Å²) in [6.07, 6.45) is 4.00. The minimum atomic E-state index is -0.165. The van der Waals surface area contributed by atoms with Crippen molar-refractivity contribution in [1.82, 2.24) is 10.2 Å². The predicted octanol–water partition coefficient (Wildman–Crippen LogP) is 3.58. The first-order valence-electron chi connectivity index (χ1n) is 6.62. The van der Waals surface area contributed by atoms with Crippen LogP contribution in [0, 0.1) is 5.82 Å². The van der Waals surface area contributed by atoms with Gasteiger partial charge in [-0.05, 0) is 30.5 Å². The zero-order valence-electron chi connectivity index (χ0n) is 11.6. The predicted molar refractivity (Wildman–Crippen MR) is 87.5 cm³/mol. The lowest BCUT2D eigenvalue weighted by Crippen LogP contribution is -2.45.